The van der Waals surface area contributed by atoms with Crippen molar-refractivity contribution in [3.63, 3.8) is 0 Å². The van der Waals surface area contributed by atoms with Crippen molar-refractivity contribution >= 4 is 21.8 Å². The van der Waals surface area contributed by atoms with Crippen molar-refractivity contribution < 1.29 is 4.79 Å². The van der Waals surface area contributed by atoms with E-state index in [0.717, 1.165) is 18.3 Å². The standard InChI is InChI=1S/C9H19BrN2O/c1-8(5-7-12(2)3)11-9(13)4-6-10/h8H,4-7H2,1-3H3,(H,11,13). The first kappa shape index (κ1) is 12.9. The van der Waals surface area contributed by atoms with E-state index in [9.17, 15) is 4.79 Å². The van der Waals surface area contributed by atoms with Gasteiger partial charge in [0.1, 0.15) is 0 Å². The minimum atomic E-state index is 0.128. The van der Waals surface area contributed by atoms with Crippen molar-refractivity contribution in [2.75, 3.05) is 26.0 Å². The van der Waals surface area contributed by atoms with Crippen LogP contribution in [0.2, 0.25) is 0 Å². The Labute approximate surface area is 89.0 Å². The SMILES string of the molecule is CC(CCN(C)C)NC(=O)CCBr. The molecule has 0 aliphatic carbocycles. The Kier molecular flexibility index (Phi) is 7.28. The predicted octanol–water partition coefficient (Wildman–Crippen LogP) is 1.23. The zero-order valence-corrected chi connectivity index (χ0v) is 10.2. The van der Waals surface area contributed by atoms with Crippen molar-refractivity contribution in [2.24, 2.45) is 0 Å². The quantitative estimate of drug-likeness (QED) is 0.720. The van der Waals surface area contributed by atoms with Gasteiger partial charge < -0.3 is 10.2 Å². The third kappa shape index (κ3) is 8.25. The number of nitrogens with one attached hydrogen (secondary N) is 1. The molecule has 0 saturated carbocycles. The number of carbonyl (C=O) groups excluding carboxylic acids is 1. The van der Waals surface area contributed by atoms with Crippen molar-refractivity contribution in [2.45, 2.75) is 25.8 Å². The fourth-order valence-electron chi connectivity index (χ4n) is 0.957. The molecule has 1 atom stereocenters. The summed E-state index contributed by atoms with van der Waals surface area (Å²) in [7, 11) is 4.07. The van der Waals surface area contributed by atoms with Gasteiger partial charge in [0, 0.05) is 17.8 Å². The van der Waals surface area contributed by atoms with Crippen molar-refractivity contribution in [1.29, 1.82) is 0 Å². The molecule has 0 radical (unpaired) electrons. The molecule has 0 fully saturated rings. The second kappa shape index (κ2) is 7.33. The highest BCUT2D eigenvalue weighted by Gasteiger charge is 2.06. The Morgan fingerprint density at radius 1 is 1.54 bits per heavy atom. The smallest absolute Gasteiger partial charge is 0.221 e. The van der Waals surface area contributed by atoms with Gasteiger partial charge in [0.25, 0.3) is 0 Å². The summed E-state index contributed by atoms with van der Waals surface area (Å²) in [5, 5.41) is 3.68. The van der Waals surface area contributed by atoms with Gasteiger partial charge in [-0.3, -0.25) is 4.79 Å². The molecule has 0 aliphatic heterocycles. The summed E-state index contributed by atoms with van der Waals surface area (Å²) in [5.41, 5.74) is 0. The first-order valence-corrected chi connectivity index (χ1v) is 5.68. The largest absolute Gasteiger partial charge is 0.354 e. The highest BCUT2D eigenvalue weighted by Crippen LogP contribution is 1.94. The summed E-state index contributed by atoms with van der Waals surface area (Å²) in [6, 6.07) is 0.272. The van der Waals surface area contributed by atoms with Gasteiger partial charge in [-0.2, -0.15) is 0 Å². The highest BCUT2D eigenvalue weighted by molar-refractivity contribution is 9.09. The Morgan fingerprint density at radius 3 is 2.62 bits per heavy atom. The summed E-state index contributed by atoms with van der Waals surface area (Å²) >= 11 is 3.23. The van der Waals surface area contributed by atoms with E-state index in [1.165, 1.54) is 0 Å². The van der Waals surface area contributed by atoms with Crippen LogP contribution in [0.1, 0.15) is 19.8 Å². The van der Waals surface area contributed by atoms with Crippen molar-refractivity contribution in [1.82, 2.24) is 10.2 Å². The Balaban J connectivity index is 3.49. The second-order valence-electron chi connectivity index (χ2n) is 3.50. The van der Waals surface area contributed by atoms with Gasteiger partial charge in [0.2, 0.25) is 5.91 Å². The van der Waals surface area contributed by atoms with Crippen LogP contribution < -0.4 is 5.32 Å². The van der Waals surface area contributed by atoms with Gasteiger partial charge in [0.05, 0.1) is 0 Å². The average molecular weight is 251 g/mol. The van der Waals surface area contributed by atoms with Crippen LogP contribution in [0.25, 0.3) is 0 Å². The van der Waals surface area contributed by atoms with Crippen LogP contribution in [0.4, 0.5) is 0 Å². The Bertz CT molecular complexity index is 151. The fraction of sp³-hybridized carbons (Fsp3) is 0.889. The lowest BCUT2D eigenvalue weighted by Gasteiger charge is -2.16. The lowest BCUT2D eigenvalue weighted by molar-refractivity contribution is -0.121. The topological polar surface area (TPSA) is 32.3 Å². The van der Waals surface area contributed by atoms with Crippen LogP contribution in [0, 0.1) is 0 Å². The molecular formula is C9H19BrN2O. The third-order valence-corrected chi connectivity index (χ3v) is 2.13. The minimum Gasteiger partial charge on any atom is -0.354 e. The zero-order valence-electron chi connectivity index (χ0n) is 8.64. The maximum absolute atomic E-state index is 11.1. The van der Waals surface area contributed by atoms with Crippen LogP contribution in [0.3, 0.4) is 0 Å². The molecule has 0 rings (SSSR count). The average Bonchev–Trinajstić information content (AvgIpc) is 2.01. The van der Waals surface area contributed by atoms with Crippen LogP contribution in [-0.2, 0) is 4.79 Å². The molecular weight excluding hydrogens is 232 g/mol. The van der Waals surface area contributed by atoms with Gasteiger partial charge in [-0.25, -0.2) is 0 Å². The normalized spacial score (nSPS) is 13.0. The molecule has 0 heterocycles. The first-order chi connectivity index (χ1) is 6.06. The molecule has 0 aromatic rings. The van der Waals surface area contributed by atoms with Gasteiger partial charge >= 0.3 is 0 Å². The first-order valence-electron chi connectivity index (χ1n) is 4.56. The molecule has 1 amide bonds. The Hall–Kier alpha value is -0.0900. The number of rotatable bonds is 6. The summed E-state index contributed by atoms with van der Waals surface area (Å²) in [4.78, 5) is 13.3. The van der Waals surface area contributed by atoms with Crippen molar-refractivity contribution in [3.8, 4) is 0 Å². The summed E-state index contributed by atoms with van der Waals surface area (Å²) in [6.07, 6.45) is 1.56. The lowest BCUT2D eigenvalue weighted by atomic mass is 10.2. The van der Waals surface area contributed by atoms with Crippen LogP contribution in [0.5, 0.6) is 0 Å². The molecule has 0 aliphatic rings. The number of alkyl halides is 1. The molecule has 13 heavy (non-hydrogen) atoms. The van der Waals surface area contributed by atoms with Crippen LogP contribution in [0.15, 0.2) is 0 Å². The highest BCUT2D eigenvalue weighted by atomic mass is 79.9. The predicted molar refractivity (Wildman–Crippen MR) is 59.2 cm³/mol. The van der Waals surface area contributed by atoms with Crippen LogP contribution in [-0.4, -0.2) is 42.8 Å². The number of carbonyl (C=O) groups is 1. The van der Waals surface area contributed by atoms with E-state index in [-0.39, 0.29) is 11.9 Å². The maximum Gasteiger partial charge on any atom is 0.221 e. The van der Waals surface area contributed by atoms with E-state index in [0.29, 0.717) is 6.42 Å². The van der Waals surface area contributed by atoms with Gasteiger partial charge in [-0.1, -0.05) is 15.9 Å². The summed E-state index contributed by atoms with van der Waals surface area (Å²) in [6.45, 7) is 3.05. The van der Waals surface area contributed by atoms with Gasteiger partial charge in [0.15, 0.2) is 0 Å². The monoisotopic (exact) mass is 250 g/mol. The number of hydrogen-bond donors (Lipinski definition) is 1. The molecule has 0 aromatic carbocycles. The van der Waals surface area contributed by atoms with E-state index in [2.05, 4.69) is 26.1 Å². The van der Waals surface area contributed by atoms with E-state index >= 15 is 0 Å². The molecule has 0 aromatic heterocycles. The third-order valence-electron chi connectivity index (χ3n) is 1.74. The number of halogens is 1. The van der Waals surface area contributed by atoms with Crippen molar-refractivity contribution in [3.05, 3.63) is 0 Å². The molecule has 78 valence electrons. The second-order valence-corrected chi connectivity index (χ2v) is 4.29. The van der Waals surface area contributed by atoms with E-state index < -0.39 is 0 Å². The maximum atomic E-state index is 11.1. The van der Waals surface area contributed by atoms with E-state index in [1.54, 1.807) is 0 Å². The number of hydrogen-bond acceptors (Lipinski definition) is 2. The molecule has 0 saturated heterocycles. The van der Waals surface area contributed by atoms with Gasteiger partial charge in [-0.15, -0.1) is 0 Å². The van der Waals surface area contributed by atoms with Crippen LogP contribution >= 0.6 is 15.9 Å². The molecule has 1 N–H and O–H groups in total. The molecule has 4 heteroatoms. The molecule has 0 bridgehead atoms. The fourth-order valence-corrected chi connectivity index (χ4v) is 1.32. The minimum absolute atomic E-state index is 0.128. The number of nitrogens with zero attached hydrogens (tertiary/aromatic N) is 1. The molecule has 1 unspecified atom stereocenters. The summed E-state index contributed by atoms with van der Waals surface area (Å²) < 4.78 is 0. The van der Waals surface area contributed by atoms with E-state index in [1.807, 2.05) is 21.0 Å². The molecule has 0 spiro atoms. The van der Waals surface area contributed by atoms with E-state index in [4.69, 9.17) is 0 Å². The van der Waals surface area contributed by atoms with Gasteiger partial charge in [-0.05, 0) is 34.0 Å². The zero-order chi connectivity index (χ0) is 10.3. The molecule has 3 nitrogen and oxygen atoms in total. The summed E-state index contributed by atoms with van der Waals surface area (Å²) in [5.74, 6) is 0.128. The lowest BCUT2D eigenvalue weighted by Crippen LogP contribution is -2.34. The number of amides is 1. The Morgan fingerprint density at radius 2 is 2.15 bits per heavy atom.